The summed E-state index contributed by atoms with van der Waals surface area (Å²) in [5.41, 5.74) is 4.60. The van der Waals surface area contributed by atoms with Crippen molar-refractivity contribution in [1.29, 1.82) is 0 Å². The zero-order valence-corrected chi connectivity index (χ0v) is 22.7. The van der Waals surface area contributed by atoms with Gasteiger partial charge in [0.25, 0.3) is 0 Å². The van der Waals surface area contributed by atoms with Crippen molar-refractivity contribution in [3.63, 3.8) is 0 Å². The van der Waals surface area contributed by atoms with E-state index in [4.69, 9.17) is 19.4 Å². The second-order valence-corrected chi connectivity index (χ2v) is 9.67. The average molecular weight is 531 g/mol. The Morgan fingerprint density at radius 3 is 2.72 bits per heavy atom. The first kappa shape index (κ1) is 26.8. The van der Waals surface area contributed by atoms with Crippen LogP contribution in [-0.2, 0) is 17.7 Å². The maximum atomic E-state index is 13.8. The molecule has 1 unspecified atom stereocenters. The molecule has 1 N–H and O–H groups in total. The van der Waals surface area contributed by atoms with Crippen LogP contribution in [0.1, 0.15) is 30.8 Å². The third-order valence-electron chi connectivity index (χ3n) is 7.02. The van der Waals surface area contributed by atoms with Crippen molar-refractivity contribution in [3.8, 4) is 28.4 Å². The van der Waals surface area contributed by atoms with Crippen molar-refractivity contribution in [1.82, 2.24) is 24.4 Å². The van der Waals surface area contributed by atoms with Crippen LogP contribution in [0, 0.1) is 5.82 Å². The Hall–Kier alpha value is -3.82. The Bertz CT molecular complexity index is 1390. The Labute approximate surface area is 228 Å². The second-order valence-electron chi connectivity index (χ2n) is 9.67. The molecule has 39 heavy (non-hydrogen) atoms. The Balaban J connectivity index is 1.52. The third kappa shape index (κ3) is 6.10. The van der Waals surface area contributed by atoms with Gasteiger partial charge in [0, 0.05) is 57.5 Å². The highest BCUT2D eigenvalue weighted by molar-refractivity contribution is 5.78. The zero-order valence-electron chi connectivity index (χ0n) is 22.7. The van der Waals surface area contributed by atoms with Gasteiger partial charge in [0.15, 0.2) is 0 Å². The molecule has 9 heteroatoms. The maximum Gasteiger partial charge on any atom is 0.223 e. The normalized spacial score (nSPS) is 14.5. The molecule has 1 atom stereocenters. The maximum absolute atomic E-state index is 13.8. The quantitative estimate of drug-likeness (QED) is 0.269. The van der Waals surface area contributed by atoms with E-state index in [1.165, 1.54) is 17.7 Å². The SMILES string of the molecule is CCNc1nccc(-c2c(-c3ccc(F)cc3)nc3n2C(CN(CCOC)Cc2cccc(OC)c2)CC3)n1. The summed E-state index contributed by atoms with van der Waals surface area (Å²) in [7, 11) is 3.42. The molecule has 1 aliphatic heterocycles. The largest absolute Gasteiger partial charge is 0.497 e. The predicted octanol–water partition coefficient (Wildman–Crippen LogP) is 5.22. The van der Waals surface area contributed by atoms with Crippen LogP contribution >= 0.6 is 0 Å². The van der Waals surface area contributed by atoms with Gasteiger partial charge in [-0.05, 0) is 61.4 Å². The molecular formula is C30H35FN6O2. The fraction of sp³-hybridized carbons (Fsp3) is 0.367. The highest BCUT2D eigenvalue weighted by Crippen LogP contribution is 2.39. The summed E-state index contributed by atoms with van der Waals surface area (Å²) in [4.78, 5) is 16.7. The molecular weight excluding hydrogens is 495 g/mol. The average Bonchev–Trinajstić information content (AvgIpc) is 3.52. The molecule has 8 nitrogen and oxygen atoms in total. The van der Waals surface area contributed by atoms with Gasteiger partial charge in [0.1, 0.15) is 17.4 Å². The van der Waals surface area contributed by atoms with Crippen LogP contribution in [0.15, 0.2) is 60.8 Å². The number of imidazole rings is 1. The number of halogens is 1. The molecule has 204 valence electrons. The first-order chi connectivity index (χ1) is 19.1. The molecule has 2 aromatic carbocycles. The minimum atomic E-state index is -0.271. The summed E-state index contributed by atoms with van der Waals surface area (Å²) in [5, 5.41) is 3.21. The fourth-order valence-electron chi connectivity index (χ4n) is 5.22. The topological polar surface area (TPSA) is 77.3 Å². The lowest BCUT2D eigenvalue weighted by atomic mass is 10.1. The lowest BCUT2D eigenvalue weighted by Gasteiger charge is -2.27. The van der Waals surface area contributed by atoms with Crippen molar-refractivity contribution >= 4 is 5.95 Å². The number of methoxy groups -OCH3 is 2. The highest BCUT2D eigenvalue weighted by Gasteiger charge is 2.32. The molecule has 0 saturated heterocycles. The molecule has 5 rings (SSSR count). The monoisotopic (exact) mass is 530 g/mol. The minimum Gasteiger partial charge on any atom is -0.497 e. The Morgan fingerprint density at radius 1 is 1.10 bits per heavy atom. The van der Waals surface area contributed by atoms with Crippen molar-refractivity contribution in [2.75, 3.05) is 45.8 Å². The number of aryl methyl sites for hydroxylation is 1. The lowest BCUT2D eigenvalue weighted by Crippen LogP contribution is -2.32. The molecule has 0 bridgehead atoms. The fourth-order valence-corrected chi connectivity index (χ4v) is 5.22. The smallest absolute Gasteiger partial charge is 0.223 e. The van der Waals surface area contributed by atoms with Gasteiger partial charge in [0.2, 0.25) is 5.95 Å². The third-order valence-corrected chi connectivity index (χ3v) is 7.02. The molecule has 2 aromatic heterocycles. The van der Waals surface area contributed by atoms with E-state index in [0.717, 1.165) is 73.2 Å². The van der Waals surface area contributed by atoms with E-state index >= 15 is 0 Å². The Kier molecular flexibility index (Phi) is 8.48. The number of ether oxygens (including phenoxy) is 2. The molecule has 0 spiro atoms. The van der Waals surface area contributed by atoms with E-state index in [0.29, 0.717) is 12.6 Å². The van der Waals surface area contributed by atoms with Crippen LogP contribution in [0.3, 0.4) is 0 Å². The highest BCUT2D eigenvalue weighted by atomic mass is 19.1. The first-order valence-corrected chi connectivity index (χ1v) is 13.4. The van der Waals surface area contributed by atoms with Gasteiger partial charge in [0.05, 0.1) is 30.8 Å². The summed E-state index contributed by atoms with van der Waals surface area (Å²) in [5.74, 6) is 2.17. The van der Waals surface area contributed by atoms with E-state index in [-0.39, 0.29) is 11.9 Å². The van der Waals surface area contributed by atoms with Crippen LogP contribution in [0.2, 0.25) is 0 Å². The second kappa shape index (κ2) is 12.4. The molecule has 4 aromatic rings. The number of nitrogens with one attached hydrogen (secondary N) is 1. The standard InChI is InChI=1S/C30H35FN6O2/c1-4-32-30-33-15-14-26(34-30)29-28(22-8-10-23(31)11-9-22)35-27-13-12-24(37(27)29)20-36(16-17-38-2)19-21-6-5-7-25(18-21)39-3/h5-11,14-15,18,24H,4,12-13,16-17,19-20H2,1-3H3,(H,32,33,34). The van der Waals surface area contributed by atoms with Crippen LogP contribution in [0.4, 0.5) is 10.3 Å². The van der Waals surface area contributed by atoms with Gasteiger partial charge in [-0.3, -0.25) is 4.90 Å². The van der Waals surface area contributed by atoms with Crippen molar-refractivity contribution < 1.29 is 13.9 Å². The van der Waals surface area contributed by atoms with E-state index in [9.17, 15) is 4.39 Å². The van der Waals surface area contributed by atoms with Crippen LogP contribution in [0.5, 0.6) is 5.75 Å². The predicted molar refractivity (Wildman–Crippen MR) is 150 cm³/mol. The number of anilines is 1. The molecule has 0 amide bonds. The Morgan fingerprint density at radius 2 is 1.95 bits per heavy atom. The molecule has 3 heterocycles. The number of fused-ring (bicyclic) bond motifs is 1. The number of aromatic nitrogens is 4. The molecule has 0 saturated carbocycles. The minimum absolute atomic E-state index is 0.191. The molecule has 1 aliphatic rings. The van der Waals surface area contributed by atoms with Gasteiger partial charge < -0.3 is 19.4 Å². The van der Waals surface area contributed by atoms with Crippen LogP contribution < -0.4 is 10.1 Å². The molecule has 0 aliphatic carbocycles. The van der Waals surface area contributed by atoms with Crippen molar-refractivity contribution in [2.24, 2.45) is 0 Å². The van der Waals surface area contributed by atoms with E-state index in [1.54, 1.807) is 32.5 Å². The van der Waals surface area contributed by atoms with Crippen LogP contribution in [-0.4, -0.2) is 64.9 Å². The number of hydrogen-bond donors (Lipinski definition) is 1. The zero-order chi connectivity index (χ0) is 27.2. The number of nitrogens with zero attached hydrogens (tertiary/aromatic N) is 5. The van der Waals surface area contributed by atoms with Crippen LogP contribution in [0.25, 0.3) is 22.6 Å². The summed E-state index contributed by atoms with van der Waals surface area (Å²) >= 11 is 0. The number of rotatable bonds is 12. The first-order valence-electron chi connectivity index (χ1n) is 13.4. The number of hydrogen-bond acceptors (Lipinski definition) is 7. The molecule has 0 fully saturated rings. The van der Waals surface area contributed by atoms with E-state index in [1.807, 2.05) is 25.1 Å². The van der Waals surface area contributed by atoms with Gasteiger partial charge in [-0.15, -0.1) is 0 Å². The lowest BCUT2D eigenvalue weighted by molar-refractivity contribution is 0.134. The summed E-state index contributed by atoms with van der Waals surface area (Å²) in [6.07, 6.45) is 3.61. The number of benzene rings is 2. The van der Waals surface area contributed by atoms with Gasteiger partial charge in [-0.1, -0.05) is 12.1 Å². The summed E-state index contributed by atoms with van der Waals surface area (Å²) in [6, 6.07) is 16.8. The van der Waals surface area contributed by atoms with Gasteiger partial charge >= 0.3 is 0 Å². The van der Waals surface area contributed by atoms with E-state index in [2.05, 4.69) is 31.9 Å². The van der Waals surface area contributed by atoms with E-state index < -0.39 is 0 Å². The van der Waals surface area contributed by atoms with Crippen molar-refractivity contribution in [2.45, 2.75) is 32.4 Å². The van der Waals surface area contributed by atoms with Crippen molar-refractivity contribution in [3.05, 3.63) is 78.0 Å². The summed E-state index contributed by atoms with van der Waals surface area (Å²) < 4.78 is 27.0. The summed E-state index contributed by atoms with van der Waals surface area (Å²) in [6.45, 7) is 5.78. The van der Waals surface area contributed by atoms with Gasteiger partial charge in [-0.2, -0.15) is 0 Å². The van der Waals surface area contributed by atoms with Gasteiger partial charge in [-0.25, -0.2) is 19.3 Å². The molecule has 0 radical (unpaired) electrons.